The average molecular weight is 328 g/mol. The second-order valence-electron chi connectivity index (χ2n) is 4.20. The van der Waals surface area contributed by atoms with Gasteiger partial charge in [0.25, 0.3) is 0 Å². The molecule has 1 N–H and O–H groups in total. The van der Waals surface area contributed by atoms with Crippen molar-refractivity contribution in [1.82, 2.24) is 0 Å². The first-order chi connectivity index (χ1) is 8.49. The van der Waals surface area contributed by atoms with Crippen LogP contribution >= 0.6 is 0 Å². The van der Waals surface area contributed by atoms with Crippen LogP contribution in [-0.4, -0.2) is 35.4 Å². The molecule has 1 rings (SSSR count). The third-order valence-electron chi connectivity index (χ3n) is 3.37. The fourth-order valence-electron chi connectivity index (χ4n) is 1.98. The standard InChI is InChI=1S/C13H22N.CH2O3.ClH.K/c1-4-14(5-2,6-3)12-13-10-8-7-9-11-13;2-1(3)4;;/h7-11H,4-6,12H2,1-3H3;(H2,2,3,4);1H;/q+1;;;+1/p-2. The monoisotopic (exact) mass is 327 g/mol. The first kappa shape index (κ1) is 25.3. The molecule has 4 nitrogen and oxygen atoms in total. The zero-order valence-electron chi connectivity index (χ0n) is 12.8. The van der Waals surface area contributed by atoms with E-state index < -0.39 is 6.16 Å². The molecular weight excluding hydrogens is 305 g/mol. The second-order valence-corrected chi connectivity index (χ2v) is 4.20. The minimum Gasteiger partial charge on any atom is -1.00 e. The van der Waals surface area contributed by atoms with Crippen LogP contribution in [0.3, 0.4) is 0 Å². The smallest absolute Gasteiger partial charge is 1.00 e. The summed E-state index contributed by atoms with van der Waals surface area (Å²) in [6.45, 7) is 11.7. The van der Waals surface area contributed by atoms with E-state index in [1.165, 1.54) is 36.2 Å². The second kappa shape index (κ2) is 14.3. The molecule has 0 atom stereocenters. The van der Waals surface area contributed by atoms with Crippen LogP contribution in [0.1, 0.15) is 26.3 Å². The summed E-state index contributed by atoms with van der Waals surface area (Å²) in [6, 6.07) is 10.8. The van der Waals surface area contributed by atoms with Gasteiger partial charge in [0, 0.05) is 5.56 Å². The summed E-state index contributed by atoms with van der Waals surface area (Å²) in [5.41, 5.74) is 1.46. The van der Waals surface area contributed by atoms with Gasteiger partial charge in [-0.25, -0.2) is 0 Å². The van der Waals surface area contributed by atoms with Crippen LogP contribution in [-0.2, 0) is 6.54 Å². The van der Waals surface area contributed by atoms with Crippen molar-refractivity contribution in [3.63, 3.8) is 0 Å². The van der Waals surface area contributed by atoms with E-state index in [-0.39, 0.29) is 63.8 Å². The van der Waals surface area contributed by atoms with Gasteiger partial charge in [-0.3, -0.25) is 0 Å². The number of halogens is 1. The van der Waals surface area contributed by atoms with Gasteiger partial charge >= 0.3 is 51.4 Å². The average Bonchev–Trinajstić information content (AvgIpc) is 2.37. The fourth-order valence-corrected chi connectivity index (χ4v) is 1.98. The molecule has 0 saturated carbocycles. The molecule has 0 heterocycles. The van der Waals surface area contributed by atoms with Crippen molar-refractivity contribution in [1.29, 1.82) is 0 Å². The van der Waals surface area contributed by atoms with Crippen LogP contribution in [0.25, 0.3) is 0 Å². The minimum absolute atomic E-state index is 0. The van der Waals surface area contributed by atoms with Crippen molar-refractivity contribution in [2.45, 2.75) is 27.3 Å². The molecule has 0 aromatic heterocycles. The summed E-state index contributed by atoms with van der Waals surface area (Å²) in [5, 5.41) is 15.3. The Morgan fingerprint density at radius 2 is 1.45 bits per heavy atom. The summed E-state index contributed by atoms with van der Waals surface area (Å²) in [7, 11) is 0. The molecule has 20 heavy (non-hydrogen) atoms. The van der Waals surface area contributed by atoms with Gasteiger partial charge in [0.1, 0.15) is 6.54 Å². The molecule has 0 unspecified atom stereocenters. The molecule has 0 spiro atoms. The Hall–Kier alpha value is 0.376. The Morgan fingerprint density at radius 3 is 1.75 bits per heavy atom. The molecular formula is C14H23ClKNO3. The molecule has 0 fully saturated rings. The van der Waals surface area contributed by atoms with Crippen LogP contribution < -0.4 is 68.9 Å². The Bertz CT molecular complexity index is 333. The molecule has 0 bridgehead atoms. The van der Waals surface area contributed by atoms with Crippen molar-refractivity contribution in [2.75, 3.05) is 19.6 Å². The van der Waals surface area contributed by atoms with Gasteiger partial charge in [-0.1, -0.05) is 30.3 Å². The number of rotatable bonds is 5. The van der Waals surface area contributed by atoms with Crippen LogP contribution in [0.5, 0.6) is 0 Å². The first-order valence-electron chi connectivity index (χ1n) is 6.28. The van der Waals surface area contributed by atoms with E-state index in [0.29, 0.717) is 0 Å². The van der Waals surface area contributed by atoms with Gasteiger partial charge in [0.2, 0.25) is 6.16 Å². The van der Waals surface area contributed by atoms with E-state index >= 15 is 0 Å². The number of hydrogen-bond acceptors (Lipinski definition) is 2. The quantitative estimate of drug-likeness (QED) is 0.442. The molecule has 6 heteroatoms. The number of carboxylic acid groups (broad SMARTS) is 2. The summed E-state index contributed by atoms with van der Waals surface area (Å²) < 4.78 is 1.20. The van der Waals surface area contributed by atoms with Crippen LogP contribution in [0, 0.1) is 0 Å². The van der Waals surface area contributed by atoms with Crippen molar-refractivity contribution in [3.8, 4) is 0 Å². The fraction of sp³-hybridized carbons (Fsp3) is 0.500. The summed E-state index contributed by atoms with van der Waals surface area (Å²) >= 11 is 0. The zero-order valence-corrected chi connectivity index (χ0v) is 16.7. The Labute approximate surface area is 170 Å². The van der Waals surface area contributed by atoms with E-state index in [1.807, 2.05) is 0 Å². The molecule has 110 valence electrons. The number of nitrogens with zero attached hydrogens (tertiary/aromatic N) is 1. The molecule has 1 aromatic carbocycles. The van der Waals surface area contributed by atoms with E-state index in [1.54, 1.807) is 0 Å². The third kappa shape index (κ3) is 11.1. The molecule has 0 saturated heterocycles. The molecule has 0 aliphatic rings. The molecule has 0 aliphatic heterocycles. The third-order valence-corrected chi connectivity index (χ3v) is 3.37. The van der Waals surface area contributed by atoms with Crippen LogP contribution in [0.2, 0.25) is 0 Å². The van der Waals surface area contributed by atoms with Gasteiger partial charge in [-0.05, 0) is 20.8 Å². The van der Waals surface area contributed by atoms with E-state index in [0.717, 1.165) is 0 Å². The van der Waals surface area contributed by atoms with Gasteiger partial charge in [-0.2, -0.15) is 0 Å². The Morgan fingerprint density at radius 1 is 1.10 bits per heavy atom. The number of hydrogen-bond donors (Lipinski definition) is 1. The SMILES string of the molecule is CC[N+](CC)(CC)Cc1ccccc1.O=C([O-])O.[Cl-].[K+]. The maximum atomic E-state index is 8.44. The summed E-state index contributed by atoms with van der Waals surface area (Å²) in [6.07, 6.45) is -2.08. The van der Waals surface area contributed by atoms with E-state index in [2.05, 4.69) is 51.1 Å². The van der Waals surface area contributed by atoms with Gasteiger partial charge in [0.15, 0.2) is 0 Å². The van der Waals surface area contributed by atoms with E-state index in [4.69, 9.17) is 15.0 Å². The first-order valence-corrected chi connectivity index (χ1v) is 6.28. The number of quaternary nitrogens is 1. The van der Waals surface area contributed by atoms with E-state index in [9.17, 15) is 0 Å². The van der Waals surface area contributed by atoms with Gasteiger partial charge in [-0.15, -0.1) is 0 Å². The number of benzene rings is 1. The molecule has 0 radical (unpaired) electrons. The van der Waals surface area contributed by atoms with Crippen molar-refractivity contribution in [3.05, 3.63) is 35.9 Å². The van der Waals surface area contributed by atoms with Gasteiger partial charge in [0.05, 0.1) is 19.6 Å². The minimum atomic E-state index is -2.08. The molecule has 0 amide bonds. The largest absolute Gasteiger partial charge is 1.00 e. The predicted molar refractivity (Wildman–Crippen MR) is 70.1 cm³/mol. The maximum Gasteiger partial charge on any atom is 1.00 e. The molecule has 1 aromatic rings. The topological polar surface area (TPSA) is 60.4 Å². The summed E-state index contributed by atoms with van der Waals surface area (Å²) in [4.78, 5) is 8.44. The maximum absolute atomic E-state index is 8.44. The number of carbonyl (C=O) groups is 1. The predicted octanol–water partition coefficient (Wildman–Crippen LogP) is -4.04. The zero-order chi connectivity index (χ0) is 14.0. The van der Waals surface area contributed by atoms with Crippen molar-refractivity contribution < 1.29 is 83.3 Å². The molecule has 0 aliphatic carbocycles. The Balaban J connectivity index is -0.000000429. The van der Waals surface area contributed by atoms with Crippen molar-refractivity contribution in [2.24, 2.45) is 0 Å². The van der Waals surface area contributed by atoms with Gasteiger partial charge < -0.3 is 31.9 Å². The Kier molecular flexibility index (Phi) is 18.1. The van der Waals surface area contributed by atoms with Crippen LogP contribution in [0.15, 0.2) is 30.3 Å². The summed E-state index contributed by atoms with van der Waals surface area (Å²) in [5.74, 6) is 0. The normalized spacial score (nSPS) is 9.35. The van der Waals surface area contributed by atoms with Crippen LogP contribution in [0.4, 0.5) is 4.79 Å². The van der Waals surface area contributed by atoms with Crippen molar-refractivity contribution >= 4 is 6.16 Å².